The second-order valence-corrected chi connectivity index (χ2v) is 7.96. The Morgan fingerprint density at radius 2 is 1.66 bits per heavy atom. The van der Waals surface area contributed by atoms with Crippen LogP contribution in [0.4, 0.5) is 0 Å². The molecule has 0 aliphatic carbocycles. The van der Waals surface area contributed by atoms with Crippen molar-refractivity contribution < 1.29 is 9.59 Å². The number of nitrogens with one attached hydrogen (secondary N) is 1. The lowest BCUT2D eigenvalue weighted by atomic mass is 10.1. The molecule has 4 nitrogen and oxygen atoms in total. The molecule has 2 amide bonds. The molecule has 156 valence electrons. The third kappa shape index (κ3) is 6.76. The maximum Gasteiger partial charge on any atom is 0.242 e. The van der Waals surface area contributed by atoms with Crippen LogP contribution in [0.15, 0.2) is 42.5 Å². The van der Waals surface area contributed by atoms with E-state index in [1.165, 1.54) is 0 Å². The van der Waals surface area contributed by atoms with Gasteiger partial charge in [-0.05, 0) is 43.0 Å². The number of amides is 2. The molecule has 2 rings (SSSR count). The first-order valence-electron chi connectivity index (χ1n) is 9.92. The molecule has 0 heterocycles. The highest BCUT2D eigenvalue weighted by atomic mass is 35.5. The molecule has 0 unspecified atom stereocenters. The molecule has 0 aliphatic rings. The van der Waals surface area contributed by atoms with Crippen molar-refractivity contribution in [3.8, 4) is 0 Å². The van der Waals surface area contributed by atoms with Gasteiger partial charge < -0.3 is 10.2 Å². The number of aryl methyl sites for hydroxylation is 1. The fraction of sp³-hybridized carbons (Fsp3) is 0.391. The number of carbonyl (C=O) groups excluding carboxylic acids is 2. The molecule has 2 aromatic carbocycles. The van der Waals surface area contributed by atoms with Gasteiger partial charge in [0.15, 0.2) is 0 Å². The third-order valence-electron chi connectivity index (χ3n) is 4.75. The van der Waals surface area contributed by atoms with Crippen LogP contribution >= 0.6 is 23.2 Å². The van der Waals surface area contributed by atoms with E-state index in [-0.39, 0.29) is 18.2 Å². The molecule has 0 saturated heterocycles. The summed E-state index contributed by atoms with van der Waals surface area (Å²) < 4.78 is 0. The van der Waals surface area contributed by atoms with Crippen molar-refractivity contribution in [1.29, 1.82) is 0 Å². The number of carbonyl (C=O) groups is 2. The zero-order valence-corrected chi connectivity index (χ0v) is 18.7. The Kier molecular flexibility index (Phi) is 8.99. The molecule has 2 aromatic rings. The molecule has 0 aromatic heterocycles. The Bertz CT molecular complexity index is 837. The highest BCUT2D eigenvalue weighted by molar-refractivity contribution is 6.42. The first kappa shape index (κ1) is 23.2. The van der Waals surface area contributed by atoms with E-state index in [1.807, 2.05) is 45.0 Å². The summed E-state index contributed by atoms with van der Waals surface area (Å²) >= 11 is 12.1. The molecule has 0 aliphatic heterocycles. The molecular formula is C23H28Cl2N2O2. The Labute approximate surface area is 183 Å². The van der Waals surface area contributed by atoms with E-state index in [1.54, 1.807) is 23.1 Å². The van der Waals surface area contributed by atoms with Crippen LogP contribution in [0.3, 0.4) is 0 Å². The first-order chi connectivity index (χ1) is 13.8. The number of halogens is 2. The van der Waals surface area contributed by atoms with Crippen LogP contribution < -0.4 is 5.32 Å². The molecule has 0 saturated carbocycles. The summed E-state index contributed by atoms with van der Waals surface area (Å²) in [6, 6.07) is 12.6. The second-order valence-electron chi connectivity index (χ2n) is 7.15. The second kappa shape index (κ2) is 11.2. The van der Waals surface area contributed by atoms with Crippen molar-refractivity contribution >= 4 is 35.0 Å². The van der Waals surface area contributed by atoms with Gasteiger partial charge in [0.2, 0.25) is 11.8 Å². The third-order valence-corrected chi connectivity index (χ3v) is 5.49. The van der Waals surface area contributed by atoms with Gasteiger partial charge in [-0.1, -0.05) is 72.9 Å². The molecular weight excluding hydrogens is 407 g/mol. The Morgan fingerprint density at radius 3 is 2.24 bits per heavy atom. The van der Waals surface area contributed by atoms with Crippen LogP contribution in [0.1, 0.15) is 43.4 Å². The van der Waals surface area contributed by atoms with Gasteiger partial charge in [0.05, 0.1) is 16.5 Å². The molecule has 0 bridgehead atoms. The average molecular weight is 435 g/mol. The fourth-order valence-electron chi connectivity index (χ4n) is 3.10. The largest absolute Gasteiger partial charge is 0.354 e. The average Bonchev–Trinajstić information content (AvgIpc) is 2.70. The van der Waals surface area contributed by atoms with E-state index in [9.17, 15) is 9.59 Å². The number of hydrogen-bond donors (Lipinski definition) is 1. The summed E-state index contributed by atoms with van der Waals surface area (Å²) in [5.41, 5.74) is 2.90. The molecule has 0 fully saturated rings. The van der Waals surface area contributed by atoms with Crippen molar-refractivity contribution in [2.45, 2.75) is 52.6 Å². The van der Waals surface area contributed by atoms with Crippen molar-refractivity contribution in [2.24, 2.45) is 0 Å². The summed E-state index contributed by atoms with van der Waals surface area (Å²) in [5.74, 6) is -0.244. The van der Waals surface area contributed by atoms with Crippen LogP contribution in [0.2, 0.25) is 10.0 Å². The monoisotopic (exact) mass is 434 g/mol. The minimum absolute atomic E-state index is 0.121. The Balaban J connectivity index is 2.27. The molecule has 0 spiro atoms. The van der Waals surface area contributed by atoms with Crippen molar-refractivity contribution in [2.75, 3.05) is 6.54 Å². The normalized spacial score (nSPS) is 11.8. The molecule has 1 atom stereocenters. The first-order valence-corrected chi connectivity index (χ1v) is 10.7. The maximum absolute atomic E-state index is 13.2. The van der Waals surface area contributed by atoms with Crippen LogP contribution in [0.25, 0.3) is 0 Å². The molecule has 6 heteroatoms. The zero-order chi connectivity index (χ0) is 21.4. The smallest absolute Gasteiger partial charge is 0.242 e. The van der Waals surface area contributed by atoms with Gasteiger partial charge >= 0.3 is 0 Å². The Morgan fingerprint density at radius 1 is 1.00 bits per heavy atom. The minimum Gasteiger partial charge on any atom is -0.354 e. The van der Waals surface area contributed by atoms with Crippen LogP contribution in [-0.2, 0) is 22.6 Å². The lowest BCUT2D eigenvalue weighted by Gasteiger charge is -2.31. The van der Waals surface area contributed by atoms with E-state index < -0.39 is 6.04 Å². The lowest BCUT2D eigenvalue weighted by molar-refractivity contribution is -0.140. The Hall–Kier alpha value is -2.04. The predicted molar refractivity (Wildman–Crippen MR) is 119 cm³/mol. The van der Waals surface area contributed by atoms with Gasteiger partial charge in [0, 0.05) is 13.1 Å². The maximum atomic E-state index is 13.2. The SMILES string of the molecule is CCCNC(=O)[C@@H](CC)N(Cc1ccc(C)cc1)C(=O)Cc1ccc(Cl)c(Cl)c1. The van der Waals surface area contributed by atoms with Crippen molar-refractivity contribution in [3.05, 3.63) is 69.2 Å². The van der Waals surface area contributed by atoms with Gasteiger partial charge in [-0.3, -0.25) is 9.59 Å². The van der Waals surface area contributed by atoms with Crippen LogP contribution in [0.5, 0.6) is 0 Å². The van der Waals surface area contributed by atoms with Crippen LogP contribution in [-0.4, -0.2) is 29.3 Å². The summed E-state index contributed by atoms with van der Waals surface area (Å²) in [7, 11) is 0. The van der Waals surface area contributed by atoms with E-state index in [2.05, 4.69) is 5.32 Å². The zero-order valence-electron chi connectivity index (χ0n) is 17.2. The summed E-state index contributed by atoms with van der Waals surface area (Å²) in [4.78, 5) is 27.6. The molecule has 29 heavy (non-hydrogen) atoms. The van der Waals surface area contributed by atoms with Gasteiger partial charge in [0.1, 0.15) is 6.04 Å². The van der Waals surface area contributed by atoms with Gasteiger partial charge in [0.25, 0.3) is 0 Å². The predicted octanol–water partition coefficient (Wildman–Crippen LogP) is 5.18. The van der Waals surface area contributed by atoms with Crippen molar-refractivity contribution in [3.63, 3.8) is 0 Å². The van der Waals surface area contributed by atoms with E-state index in [4.69, 9.17) is 23.2 Å². The summed E-state index contributed by atoms with van der Waals surface area (Å²) in [5, 5.41) is 3.78. The summed E-state index contributed by atoms with van der Waals surface area (Å²) in [6.07, 6.45) is 1.53. The van der Waals surface area contributed by atoms with Gasteiger partial charge in [-0.2, -0.15) is 0 Å². The summed E-state index contributed by atoms with van der Waals surface area (Å²) in [6.45, 7) is 6.91. The number of nitrogens with zero attached hydrogens (tertiary/aromatic N) is 1. The highest BCUT2D eigenvalue weighted by Crippen LogP contribution is 2.23. The number of rotatable bonds is 9. The van der Waals surface area contributed by atoms with E-state index >= 15 is 0 Å². The fourth-order valence-corrected chi connectivity index (χ4v) is 3.42. The number of benzene rings is 2. The number of hydrogen-bond acceptors (Lipinski definition) is 2. The van der Waals surface area contributed by atoms with Gasteiger partial charge in [-0.25, -0.2) is 0 Å². The van der Waals surface area contributed by atoms with Crippen molar-refractivity contribution in [1.82, 2.24) is 10.2 Å². The molecule has 0 radical (unpaired) electrons. The van der Waals surface area contributed by atoms with E-state index in [0.717, 1.165) is 23.1 Å². The highest BCUT2D eigenvalue weighted by Gasteiger charge is 2.28. The quantitative estimate of drug-likeness (QED) is 0.590. The van der Waals surface area contributed by atoms with Crippen LogP contribution in [0, 0.1) is 6.92 Å². The molecule has 1 N–H and O–H groups in total. The van der Waals surface area contributed by atoms with E-state index in [0.29, 0.717) is 29.6 Å². The standard InChI is InChI=1S/C23H28Cl2N2O2/c1-4-12-26-23(29)21(5-2)27(15-17-8-6-16(3)7-9-17)22(28)14-18-10-11-19(24)20(25)13-18/h6-11,13,21H,4-5,12,14-15H2,1-3H3,(H,26,29)/t21-/m1/s1. The lowest BCUT2D eigenvalue weighted by Crippen LogP contribution is -2.49. The topological polar surface area (TPSA) is 49.4 Å². The minimum atomic E-state index is -0.530. The van der Waals surface area contributed by atoms with Gasteiger partial charge in [-0.15, -0.1) is 0 Å².